The lowest BCUT2D eigenvalue weighted by Gasteiger charge is -2.26. The molecule has 4 heteroatoms. The van der Waals surface area contributed by atoms with Gasteiger partial charge in [-0.2, -0.15) is 0 Å². The van der Waals surface area contributed by atoms with Crippen LogP contribution in [0.3, 0.4) is 0 Å². The van der Waals surface area contributed by atoms with Gasteiger partial charge in [-0.15, -0.1) is 0 Å². The van der Waals surface area contributed by atoms with Gasteiger partial charge in [0.25, 0.3) is 0 Å². The molecule has 0 unspecified atom stereocenters. The topological polar surface area (TPSA) is 35.9 Å². The van der Waals surface area contributed by atoms with Gasteiger partial charge in [-0.25, -0.2) is 4.79 Å². The quantitative estimate of drug-likeness (QED) is 0.438. The van der Waals surface area contributed by atoms with Crippen LogP contribution in [0, 0.1) is 0 Å². The first kappa shape index (κ1) is 19.5. The van der Waals surface area contributed by atoms with Crippen molar-refractivity contribution in [2.75, 3.05) is 4.90 Å². The van der Waals surface area contributed by atoms with Crippen LogP contribution in [0.5, 0.6) is 0 Å². The number of carbonyl (C=O) groups is 1. The second kappa shape index (κ2) is 8.74. The van der Waals surface area contributed by atoms with Crippen molar-refractivity contribution in [3.05, 3.63) is 132 Å². The third-order valence-electron chi connectivity index (χ3n) is 5.29. The van der Waals surface area contributed by atoms with Crippen LogP contribution >= 0.6 is 0 Å². The molecule has 0 bridgehead atoms. The highest BCUT2D eigenvalue weighted by molar-refractivity contribution is 6.01. The number of fused-ring (bicyclic) bond motifs is 1. The number of nitrogens with zero attached hydrogens (tertiary/aromatic N) is 3. The maximum Gasteiger partial charge on any atom is 0.337 e. The average molecular weight is 415 g/mol. The van der Waals surface area contributed by atoms with Crippen molar-refractivity contribution in [3.63, 3.8) is 0 Å². The smallest absolute Gasteiger partial charge is 0.274 e. The van der Waals surface area contributed by atoms with Crippen molar-refractivity contribution in [2.45, 2.75) is 0 Å². The third kappa shape index (κ3) is 3.94. The van der Waals surface area contributed by atoms with E-state index >= 15 is 0 Å². The summed E-state index contributed by atoms with van der Waals surface area (Å²) in [5, 5.41) is 1.70. The number of carbonyl (C=O) groups excluding carboxylic acids is 1. The third-order valence-corrected chi connectivity index (χ3v) is 5.29. The Kier molecular flexibility index (Phi) is 5.33. The molecule has 0 spiro atoms. The highest BCUT2D eigenvalue weighted by atomic mass is 16.2. The molecule has 154 valence electrons. The highest BCUT2D eigenvalue weighted by Gasteiger charge is 2.22. The predicted molar refractivity (Wildman–Crippen MR) is 129 cm³/mol. The highest BCUT2D eigenvalue weighted by Crippen LogP contribution is 2.27. The van der Waals surface area contributed by atoms with E-state index in [1.54, 1.807) is 22.2 Å². The van der Waals surface area contributed by atoms with Crippen molar-refractivity contribution < 1.29 is 4.79 Å². The number of hydrogen-bond donors (Lipinski definition) is 0. The molecule has 4 aromatic carbocycles. The van der Waals surface area contributed by atoms with E-state index in [1.165, 1.54) is 0 Å². The van der Waals surface area contributed by atoms with Gasteiger partial charge >= 0.3 is 6.03 Å². The number of amides is 2. The van der Waals surface area contributed by atoms with Gasteiger partial charge in [0.15, 0.2) is 0 Å². The molecule has 0 radical (unpaired) electrons. The van der Waals surface area contributed by atoms with Gasteiger partial charge in [-0.05, 0) is 47.5 Å². The van der Waals surface area contributed by atoms with Gasteiger partial charge in [0, 0.05) is 23.8 Å². The lowest BCUT2D eigenvalue weighted by molar-refractivity contribution is 0.237. The summed E-state index contributed by atoms with van der Waals surface area (Å²) in [6.45, 7) is 0. The molecular weight excluding hydrogens is 394 g/mol. The number of para-hydroxylation sites is 2. The minimum atomic E-state index is -0.188. The molecule has 0 aliphatic carbocycles. The summed E-state index contributed by atoms with van der Waals surface area (Å²) in [6.07, 6.45) is 5.20. The first-order valence-corrected chi connectivity index (χ1v) is 10.4. The molecule has 0 aromatic heterocycles. The van der Waals surface area contributed by atoms with E-state index in [2.05, 4.69) is 29.3 Å². The van der Waals surface area contributed by atoms with Crippen LogP contribution in [0.1, 0.15) is 0 Å². The summed E-state index contributed by atoms with van der Waals surface area (Å²) in [4.78, 5) is 21.6. The second-order valence-corrected chi connectivity index (χ2v) is 7.39. The van der Waals surface area contributed by atoms with Crippen LogP contribution in [0.2, 0.25) is 0 Å². The van der Waals surface area contributed by atoms with E-state index in [-0.39, 0.29) is 6.03 Å². The Morgan fingerprint density at radius 2 is 1.28 bits per heavy atom. The second-order valence-electron chi connectivity index (χ2n) is 7.39. The molecule has 32 heavy (non-hydrogen) atoms. The summed E-state index contributed by atoms with van der Waals surface area (Å²) in [5.74, 6) is 0. The zero-order chi connectivity index (χ0) is 21.8. The van der Waals surface area contributed by atoms with Crippen LogP contribution in [0.4, 0.5) is 16.2 Å². The lowest BCUT2D eigenvalue weighted by Crippen LogP contribution is -2.36. The van der Waals surface area contributed by atoms with E-state index in [4.69, 9.17) is 0 Å². The Morgan fingerprint density at radius 1 is 0.688 bits per heavy atom. The Hall–Kier alpha value is -4.44. The largest absolute Gasteiger partial charge is 0.337 e. The molecule has 1 aliphatic heterocycles. The van der Waals surface area contributed by atoms with Crippen LogP contribution in [-0.4, -0.2) is 10.9 Å². The van der Waals surface area contributed by atoms with Gasteiger partial charge in [-0.3, -0.25) is 14.8 Å². The molecule has 4 nitrogen and oxygen atoms in total. The Bertz CT molecular complexity index is 1340. The van der Waals surface area contributed by atoms with E-state index in [9.17, 15) is 4.79 Å². The average Bonchev–Trinajstić information content (AvgIpc) is 3.08. The summed E-state index contributed by atoms with van der Waals surface area (Å²) in [6, 6.07) is 35.4. The minimum absolute atomic E-state index is 0.188. The number of urea groups is 1. The fourth-order valence-corrected chi connectivity index (χ4v) is 3.72. The van der Waals surface area contributed by atoms with E-state index in [0.29, 0.717) is 0 Å². The molecule has 1 aliphatic rings. The fourth-order valence-electron chi connectivity index (χ4n) is 3.72. The first-order valence-electron chi connectivity index (χ1n) is 10.4. The summed E-state index contributed by atoms with van der Waals surface area (Å²) >= 11 is 0. The van der Waals surface area contributed by atoms with Gasteiger partial charge in [0.1, 0.15) is 0 Å². The zero-order valence-corrected chi connectivity index (χ0v) is 17.4. The normalized spacial score (nSPS) is 12.2. The van der Waals surface area contributed by atoms with Crippen molar-refractivity contribution in [1.29, 1.82) is 0 Å². The number of rotatable bonds is 3. The van der Waals surface area contributed by atoms with E-state index in [0.717, 1.165) is 33.1 Å². The van der Waals surface area contributed by atoms with Crippen LogP contribution in [0.25, 0.3) is 17.3 Å². The Morgan fingerprint density at radius 3 is 1.91 bits per heavy atom. The van der Waals surface area contributed by atoms with E-state index < -0.39 is 0 Å². The summed E-state index contributed by atoms with van der Waals surface area (Å²) < 4.78 is 0. The molecular formula is C28H21N3O. The number of anilines is 2. The summed E-state index contributed by atoms with van der Waals surface area (Å²) in [7, 11) is 0. The zero-order valence-electron chi connectivity index (χ0n) is 17.4. The van der Waals surface area contributed by atoms with Crippen molar-refractivity contribution in [1.82, 2.24) is 4.90 Å². The molecule has 5 rings (SSSR count). The van der Waals surface area contributed by atoms with Gasteiger partial charge in [0.05, 0.1) is 16.7 Å². The number of hydrogen-bond acceptors (Lipinski definition) is 2. The summed E-state index contributed by atoms with van der Waals surface area (Å²) in [5.41, 5.74) is 3.79. The minimum Gasteiger partial charge on any atom is -0.274 e. The predicted octanol–water partition coefficient (Wildman–Crippen LogP) is 5.46. The van der Waals surface area contributed by atoms with Gasteiger partial charge < -0.3 is 0 Å². The SMILES string of the molecule is O=C(N1C=CN=c2ccc(-c3ccccc3)cc2=C1)N(c1ccccc1)c1ccccc1. The Balaban J connectivity index is 1.58. The van der Waals surface area contributed by atoms with Crippen molar-refractivity contribution in [2.24, 2.45) is 4.99 Å². The standard InChI is InChI=1S/C28H21N3O/c32-28(31(25-12-6-2-7-13-25)26-14-8-3-9-15-26)30-19-18-29-27-17-16-23(20-24(27)21-30)22-10-4-1-5-11-22/h1-21H. The molecule has 2 amide bonds. The molecule has 1 heterocycles. The van der Waals surface area contributed by atoms with Crippen LogP contribution < -0.4 is 15.5 Å². The molecule has 4 aromatic rings. The maximum absolute atomic E-state index is 13.7. The molecule has 0 saturated heterocycles. The van der Waals surface area contributed by atoms with Gasteiger partial charge in [0.2, 0.25) is 0 Å². The maximum atomic E-state index is 13.7. The fraction of sp³-hybridized carbons (Fsp3) is 0. The van der Waals surface area contributed by atoms with E-state index in [1.807, 2.05) is 91.1 Å². The molecule has 0 N–H and O–H groups in total. The molecule has 0 atom stereocenters. The molecule has 0 fully saturated rings. The van der Waals surface area contributed by atoms with Crippen LogP contribution in [-0.2, 0) is 0 Å². The lowest BCUT2D eigenvalue weighted by atomic mass is 10.0. The molecule has 0 saturated carbocycles. The van der Waals surface area contributed by atoms with Crippen LogP contribution in [0.15, 0.2) is 127 Å². The first-order chi connectivity index (χ1) is 15.8. The monoisotopic (exact) mass is 415 g/mol. The Labute approximate surface area is 186 Å². The number of benzene rings is 4. The van der Waals surface area contributed by atoms with Gasteiger partial charge in [-0.1, -0.05) is 72.8 Å². The van der Waals surface area contributed by atoms with Crippen molar-refractivity contribution in [3.8, 4) is 11.1 Å². The van der Waals surface area contributed by atoms with Crippen molar-refractivity contribution >= 4 is 23.6 Å².